The van der Waals surface area contributed by atoms with Crippen LogP contribution in [0.1, 0.15) is 19.4 Å². The monoisotopic (exact) mass is 239 g/mol. The quantitative estimate of drug-likeness (QED) is 0.826. The molecule has 0 spiro atoms. The molecule has 0 aliphatic heterocycles. The molecule has 0 bridgehead atoms. The van der Waals surface area contributed by atoms with Crippen LogP contribution in [0.15, 0.2) is 18.2 Å². The van der Waals surface area contributed by atoms with Crippen LogP contribution in [-0.4, -0.2) is 24.4 Å². The van der Waals surface area contributed by atoms with Crippen molar-refractivity contribution in [3.05, 3.63) is 23.8 Å². The van der Waals surface area contributed by atoms with E-state index in [0.717, 1.165) is 0 Å². The molecule has 1 aromatic carbocycles. The van der Waals surface area contributed by atoms with Crippen molar-refractivity contribution >= 4 is 11.8 Å². The zero-order valence-electron chi connectivity index (χ0n) is 10.0. The van der Waals surface area contributed by atoms with Crippen LogP contribution in [0.5, 0.6) is 5.75 Å². The number of aliphatic hydroxyl groups is 1. The van der Waals surface area contributed by atoms with Crippen LogP contribution in [0.25, 0.3) is 0 Å². The first kappa shape index (κ1) is 13.3. The molecule has 5 heteroatoms. The van der Waals surface area contributed by atoms with E-state index in [4.69, 9.17) is 9.47 Å². The largest absolute Gasteiger partial charge is 0.494 e. The van der Waals surface area contributed by atoms with E-state index in [1.54, 1.807) is 25.1 Å². The molecule has 0 atom stereocenters. The van der Waals surface area contributed by atoms with Crippen molar-refractivity contribution in [3.8, 4) is 5.75 Å². The van der Waals surface area contributed by atoms with E-state index >= 15 is 0 Å². The molecule has 0 fully saturated rings. The third-order valence-corrected chi connectivity index (χ3v) is 2.05. The second kappa shape index (κ2) is 6.75. The summed E-state index contributed by atoms with van der Waals surface area (Å²) in [5.74, 6) is 0.615. The predicted molar refractivity (Wildman–Crippen MR) is 64.2 cm³/mol. The lowest BCUT2D eigenvalue weighted by Gasteiger charge is -2.11. The highest BCUT2D eigenvalue weighted by Crippen LogP contribution is 2.23. The molecule has 0 heterocycles. The third kappa shape index (κ3) is 3.96. The van der Waals surface area contributed by atoms with E-state index in [1.165, 1.54) is 0 Å². The van der Waals surface area contributed by atoms with Gasteiger partial charge in [0.2, 0.25) is 0 Å². The highest BCUT2D eigenvalue weighted by molar-refractivity contribution is 5.84. The van der Waals surface area contributed by atoms with Gasteiger partial charge in [0.15, 0.2) is 0 Å². The van der Waals surface area contributed by atoms with Crippen molar-refractivity contribution in [2.24, 2.45) is 0 Å². The van der Waals surface area contributed by atoms with Crippen molar-refractivity contribution in [1.29, 1.82) is 0 Å². The molecule has 1 rings (SSSR count). The lowest BCUT2D eigenvalue weighted by molar-refractivity contribution is 0.168. The number of ether oxygens (including phenoxy) is 2. The molecule has 1 aromatic rings. The summed E-state index contributed by atoms with van der Waals surface area (Å²) in [5.41, 5.74) is 1.19. The minimum atomic E-state index is -0.513. The number of hydrogen-bond donors (Lipinski definition) is 2. The van der Waals surface area contributed by atoms with E-state index in [2.05, 4.69) is 5.32 Å². The molecule has 0 aliphatic carbocycles. The van der Waals surface area contributed by atoms with Gasteiger partial charge in [-0.2, -0.15) is 0 Å². The van der Waals surface area contributed by atoms with Gasteiger partial charge in [0.05, 0.1) is 19.8 Å². The van der Waals surface area contributed by atoms with Gasteiger partial charge < -0.3 is 14.6 Å². The number of carbonyl (C=O) groups excluding carboxylic acids is 1. The second-order valence-electron chi connectivity index (χ2n) is 3.26. The standard InChI is InChI=1S/C12H17NO4/c1-3-16-11-6-5-10(7-9(11)8-14)13-12(15)17-4-2/h5-7,14H,3-4,8H2,1-2H3,(H,13,15). The Kier molecular flexibility index (Phi) is 5.29. The SMILES string of the molecule is CCOC(=O)Nc1ccc(OCC)c(CO)c1. The average molecular weight is 239 g/mol. The Bertz CT molecular complexity index is 379. The van der Waals surface area contributed by atoms with Crippen LogP contribution < -0.4 is 10.1 Å². The van der Waals surface area contributed by atoms with Crippen LogP contribution in [0.2, 0.25) is 0 Å². The number of amides is 1. The first-order valence-corrected chi connectivity index (χ1v) is 5.51. The Labute approximate surface area is 100 Å². The Balaban J connectivity index is 2.78. The first-order valence-electron chi connectivity index (χ1n) is 5.51. The lowest BCUT2D eigenvalue weighted by atomic mass is 10.2. The topological polar surface area (TPSA) is 67.8 Å². The van der Waals surface area contributed by atoms with Crippen molar-refractivity contribution < 1.29 is 19.4 Å². The molecule has 17 heavy (non-hydrogen) atoms. The summed E-state index contributed by atoms with van der Waals surface area (Å²) in [4.78, 5) is 11.2. The Morgan fingerprint density at radius 2 is 2.12 bits per heavy atom. The highest BCUT2D eigenvalue weighted by atomic mass is 16.5. The van der Waals surface area contributed by atoms with Gasteiger partial charge in [0.25, 0.3) is 0 Å². The summed E-state index contributed by atoms with van der Waals surface area (Å²) in [5, 5.41) is 11.7. The van der Waals surface area contributed by atoms with Gasteiger partial charge >= 0.3 is 6.09 Å². The second-order valence-corrected chi connectivity index (χ2v) is 3.26. The molecule has 5 nitrogen and oxygen atoms in total. The minimum Gasteiger partial charge on any atom is -0.494 e. The maximum absolute atomic E-state index is 11.2. The molecule has 1 amide bonds. The summed E-state index contributed by atoms with van der Waals surface area (Å²) in [6.07, 6.45) is -0.513. The molecule has 0 saturated heterocycles. The zero-order chi connectivity index (χ0) is 12.7. The van der Waals surface area contributed by atoms with Gasteiger partial charge in [-0.1, -0.05) is 0 Å². The molecular formula is C12H17NO4. The fraction of sp³-hybridized carbons (Fsp3) is 0.417. The predicted octanol–water partition coefficient (Wildman–Crippen LogP) is 2.15. The maximum Gasteiger partial charge on any atom is 0.411 e. The van der Waals surface area contributed by atoms with Gasteiger partial charge in [-0.15, -0.1) is 0 Å². The normalized spacial score (nSPS) is 9.82. The lowest BCUT2D eigenvalue weighted by Crippen LogP contribution is -2.13. The van der Waals surface area contributed by atoms with Crippen molar-refractivity contribution in [2.75, 3.05) is 18.5 Å². The van der Waals surface area contributed by atoms with Crippen LogP contribution in [0.4, 0.5) is 10.5 Å². The number of carbonyl (C=O) groups is 1. The Hall–Kier alpha value is -1.75. The van der Waals surface area contributed by atoms with Gasteiger partial charge in [0, 0.05) is 11.3 Å². The van der Waals surface area contributed by atoms with E-state index in [0.29, 0.717) is 30.2 Å². The number of benzene rings is 1. The maximum atomic E-state index is 11.2. The molecule has 0 radical (unpaired) electrons. The third-order valence-electron chi connectivity index (χ3n) is 2.05. The van der Waals surface area contributed by atoms with E-state index < -0.39 is 6.09 Å². The summed E-state index contributed by atoms with van der Waals surface area (Å²) < 4.78 is 10.1. The molecule has 94 valence electrons. The number of rotatable bonds is 5. The van der Waals surface area contributed by atoms with Gasteiger partial charge in [-0.05, 0) is 32.0 Å². The highest BCUT2D eigenvalue weighted by Gasteiger charge is 2.06. The fourth-order valence-corrected chi connectivity index (χ4v) is 1.36. The zero-order valence-corrected chi connectivity index (χ0v) is 10.0. The van der Waals surface area contributed by atoms with Gasteiger partial charge in [0.1, 0.15) is 5.75 Å². The molecule has 2 N–H and O–H groups in total. The summed E-state index contributed by atoms with van der Waals surface area (Å²) in [6.45, 7) is 4.30. The Morgan fingerprint density at radius 1 is 1.35 bits per heavy atom. The van der Waals surface area contributed by atoms with Crippen molar-refractivity contribution in [1.82, 2.24) is 0 Å². The number of aliphatic hydroxyl groups excluding tert-OH is 1. The number of nitrogens with one attached hydrogen (secondary N) is 1. The average Bonchev–Trinajstić information content (AvgIpc) is 2.31. The van der Waals surface area contributed by atoms with Crippen molar-refractivity contribution in [2.45, 2.75) is 20.5 Å². The van der Waals surface area contributed by atoms with Crippen LogP contribution in [-0.2, 0) is 11.3 Å². The van der Waals surface area contributed by atoms with Crippen LogP contribution >= 0.6 is 0 Å². The molecular weight excluding hydrogens is 222 g/mol. The first-order chi connectivity index (χ1) is 8.21. The van der Waals surface area contributed by atoms with Crippen LogP contribution in [0.3, 0.4) is 0 Å². The van der Waals surface area contributed by atoms with Crippen LogP contribution in [0, 0.1) is 0 Å². The van der Waals surface area contributed by atoms with E-state index in [9.17, 15) is 9.90 Å². The molecule has 0 unspecified atom stereocenters. The van der Waals surface area contributed by atoms with Gasteiger partial charge in [-0.3, -0.25) is 5.32 Å². The summed E-state index contributed by atoms with van der Waals surface area (Å²) in [6, 6.07) is 5.06. The van der Waals surface area contributed by atoms with Gasteiger partial charge in [-0.25, -0.2) is 4.79 Å². The van der Waals surface area contributed by atoms with E-state index in [-0.39, 0.29) is 6.61 Å². The smallest absolute Gasteiger partial charge is 0.411 e. The minimum absolute atomic E-state index is 0.145. The molecule has 0 aliphatic rings. The number of hydrogen-bond acceptors (Lipinski definition) is 4. The summed E-state index contributed by atoms with van der Waals surface area (Å²) >= 11 is 0. The van der Waals surface area contributed by atoms with E-state index in [1.807, 2.05) is 6.92 Å². The fourth-order valence-electron chi connectivity index (χ4n) is 1.36. The Morgan fingerprint density at radius 3 is 2.71 bits per heavy atom. The van der Waals surface area contributed by atoms with Crippen molar-refractivity contribution in [3.63, 3.8) is 0 Å². The summed E-state index contributed by atoms with van der Waals surface area (Å²) in [7, 11) is 0. The molecule has 0 aromatic heterocycles. The molecule has 0 saturated carbocycles. The number of anilines is 1.